The van der Waals surface area contributed by atoms with Crippen molar-refractivity contribution < 1.29 is 12.8 Å². The molecule has 0 aliphatic carbocycles. The Balaban J connectivity index is 1.84. The van der Waals surface area contributed by atoms with Crippen LogP contribution in [0.5, 0.6) is 0 Å². The Morgan fingerprint density at radius 3 is 2.57 bits per heavy atom. The summed E-state index contributed by atoms with van der Waals surface area (Å²) in [6.45, 7) is 1.66. The number of benzene rings is 2. The highest BCUT2D eigenvalue weighted by Crippen LogP contribution is 2.16. The highest BCUT2D eigenvalue weighted by molar-refractivity contribution is 7.89. The van der Waals surface area contributed by atoms with Crippen LogP contribution in [-0.4, -0.2) is 18.4 Å². The van der Waals surface area contributed by atoms with Crippen molar-refractivity contribution in [3.63, 3.8) is 0 Å². The van der Waals surface area contributed by atoms with Gasteiger partial charge in [-0.05, 0) is 42.3 Å². The molecule has 120 valence electrons. The topological polar surface area (TPSA) is 94.8 Å². The molecule has 6 nitrogen and oxygen atoms in total. The van der Waals surface area contributed by atoms with E-state index >= 15 is 0 Å². The minimum absolute atomic E-state index is 0.0408. The van der Waals surface area contributed by atoms with Crippen LogP contribution in [-0.2, 0) is 16.6 Å². The van der Waals surface area contributed by atoms with E-state index in [2.05, 4.69) is 14.7 Å². The smallest absolute Gasteiger partial charge is 0.306 e. The number of aromatic amines is 2. The Hall–Kier alpha value is -2.45. The van der Waals surface area contributed by atoms with Crippen LogP contribution in [0.2, 0.25) is 0 Å². The largest absolute Gasteiger partial charge is 0.323 e. The number of H-pyrrole nitrogens is 2. The first-order valence-corrected chi connectivity index (χ1v) is 8.30. The van der Waals surface area contributed by atoms with E-state index in [1.165, 1.54) is 30.3 Å². The van der Waals surface area contributed by atoms with Crippen molar-refractivity contribution in [2.24, 2.45) is 0 Å². The van der Waals surface area contributed by atoms with Gasteiger partial charge in [-0.15, -0.1) is 0 Å². The zero-order valence-electron chi connectivity index (χ0n) is 12.2. The molecule has 3 aromatic rings. The number of nitrogens with one attached hydrogen (secondary N) is 3. The second kappa shape index (κ2) is 5.64. The second-order valence-corrected chi connectivity index (χ2v) is 6.96. The fourth-order valence-corrected chi connectivity index (χ4v) is 3.30. The summed E-state index contributed by atoms with van der Waals surface area (Å²) < 4.78 is 40.3. The molecule has 0 fully saturated rings. The Bertz CT molecular complexity index is 1040. The standard InChI is InChI=1S/C15H14FN3O3S/c1-9-6-10(2-4-12(9)16)8-17-23(21,22)11-3-5-13-14(7-11)19-15(20)18-13/h2-7,17H,8H2,1H3,(H2,18,19,20). The van der Waals surface area contributed by atoms with Crippen molar-refractivity contribution in [2.45, 2.75) is 18.4 Å². The number of imidazole rings is 1. The molecular formula is C15H14FN3O3S. The summed E-state index contributed by atoms with van der Waals surface area (Å²) in [5.74, 6) is -0.335. The molecule has 0 atom stereocenters. The molecule has 3 rings (SSSR count). The fraction of sp³-hybridized carbons (Fsp3) is 0.133. The van der Waals surface area contributed by atoms with Crippen molar-refractivity contribution in [3.8, 4) is 0 Å². The molecule has 0 bridgehead atoms. The molecule has 0 unspecified atom stereocenters. The van der Waals surface area contributed by atoms with Gasteiger partial charge in [-0.3, -0.25) is 0 Å². The third kappa shape index (κ3) is 3.17. The molecule has 0 spiro atoms. The number of hydrogen-bond acceptors (Lipinski definition) is 3. The lowest BCUT2D eigenvalue weighted by Gasteiger charge is -2.08. The maximum atomic E-state index is 13.2. The molecule has 8 heteroatoms. The fourth-order valence-electron chi connectivity index (χ4n) is 2.26. The number of rotatable bonds is 4. The highest BCUT2D eigenvalue weighted by atomic mass is 32.2. The maximum Gasteiger partial charge on any atom is 0.323 e. The minimum atomic E-state index is -3.74. The zero-order valence-corrected chi connectivity index (χ0v) is 13.0. The van der Waals surface area contributed by atoms with Crippen LogP contribution in [0.4, 0.5) is 4.39 Å². The van der Waals surface area contributed by atoms with E-state index < -0.39 is 15.7 Å². The average Bonchev–Trinajstić information content (AvgIpc) is 2.87. The normalized spacial score (nSPS) is 11.9. The van der Waals surface area contributed by atoms with E-state index in [9.17, 15) is 17.6 Å². The molecule has 0 aliphatic rings. The summed E-state index contributed by atoms with van der Waals surface area (Å²) in [5.41, 5.74) is 1.65. The molecule has 3 N–H and O–H groups in total. The molecule has 0 saturated carbocycles. The van der Waals surface area contributed by atoms with Gasteiger partial charge in [-0.1, -0.05) is 12.1 Å². The lowest BCUT2D eigenvalue weighted by Crippen LogP contribution is -2.23. The van der Waals surface area contributed by atoms with Gasteiger partial charge in [0.25, 0.3) is 0 Å². The summed E-state index contributed by atoms with van der Waals surface area (Å²) in [6.07, 6.45) is 0. The van der Waals surface area contributed by atoms with Gasteiger partial charge in [0.2, 0.25) is 10.0 Å². The predicted molar refractivity (Wildman–Crippen MR) is 84.1 cm³/mol. The second-order valence-electron chi connectivity index (χ2n) is 5.19. The van der Waals surface area contributed by atoms with Crippen LogP contribution in [0, 0.1) is 12.7 Å². The van der Waals surface area contributed by atoms with Gasteiger partial charge < -0.3 is 9.97 Å². The monoisotopic (exact) mass is 335 g/mol. The number of halogens is 1. The molecule has 2 aromatic carbocycles. The number of aromatic nitrogens is 2. The van der Waals surface area contributed by atoms with Gasteiger partial charge >= 0.3 is 5.69 Å². The van der Waals surface area contributed by atoms with E-state index in [1.807, 2.05) is 0 Å². The molecule has 0 amide bonds. The van der Waals surface area contributed by atoms with Crippen molar-refractivity contribution in [1.29, 1.82) is 0 Å². The lowest BCUT2D eigenvalue weighted by atomic mass is 10.1. The van der Waals surface area contributed by atoms with Crippen molar-refractivity contribution in [3.05, 3.63) is 63.8 Å². The van der Waals surface area contributed by atoms with Gasteiger partial charge in [0.15, 0.2) is 0 Å². The number of fused-ring (bicyclic) bond motifs is 1. The highest BCUT2D eigenvalue weighted by Gasteiger charge is 2.15. The Morgan fingerprint density at radius 2 is 1.83 bits per heavy atom. The first kappa shape index (κ1) is 15.4. The summed E-state index contributed by atoms with van der Waals surface area (Å²) >= 11 is 0. The zero-order chi connectivity index (χ0) is 16.6. The van der Waals surface area contributed by atoms with Crippen molar-refractivity contribution >= 4 is 21.1 Å². The van der Waals surface area contributed by atoms with E-state index in [4.69, 9.17) is 0 Å². The first-order chi connectivity index (χ1) is 10.8. The molecule has 23 heavy (non-hydrogen) atoms. The average molecular weight is 335 g/mol. The van der Waals surface area contributed by atoms with Crippen molar-refractivity contribution in [2.75, 3.05) is 0 Å². The summed E-state index contributed by atoms with van der Waals surface area (Å²) in [5, 5.41) is 0. The predicted octanol–water partition coefficient (Wildman–Crippen LogP) is 1.78. The Kier molecular flexibility index (Phi) is 3.78. The van der Waals surface area contributed by atoms with Crippen LogP contribution in [0.3, 0.4) is 0 Å². The number of sulfonamides is 1. The molecule has 0 saturated heterocycles. The number of hydrogen-bond donors (Lipinski definition) is 3. The van der Waals surface area contributed by atoms with E-state index in [0.717, 1.165) is 0 Å². The van der Waals surface area contributed by atoms with Gasteiger partial charge in [0, 0.05) is 6.54 Å². The molecule has 0 aliphatic heterocycles. The molecule has 1 aromatic heterocycles. The van der Waals surface area contributed by atoms with Crippen molar-refractivity contribution in [1.82, 2.24) is 14.7 Å². The third-order valence-electron chi connectivity index (χ3n) is 3.49. The SMILES string of the molecule is Cc1cc(CNS(=O)(=O)c2ccc3[nH]c(=O)[nH]c3c2)ccc1F. The van der Waals surface area contributed by atoms with Crippen LogP contribution in [0.25, 0.3) is 11.0 Å². The number of aryl methyl sites for hydroxylation is 1. The first-order valence-electron chi connectivity index (χ1n) is 6.82. The van der Waals surface area contributed by atoms with Crippen LogP contribution >= 0.6 is 0 Å². The summed E-state index contributed by atoms with van der Waals surface area (Å²) in [6, 6.07) is 8.72. The van der Waals surface area contributed by atoms with E-state index in [0.29, 0.717) is 22.2 Å². The summed E-state index contributed by atoms with van der Waals surface area (Å²) in [7, 11) is -3.74. The van der Waals surface area contributed by atoms with Gasteiger partial charge in [-0.2, -0.15) is 0 Å². The summed E-state index contributed by atoms with van der Waals surface area (Å²) in [4.78, 5) is 16.3. The van der Waals surface area contributed by atoms with E-state index in [-0.39, 0.29) is 17.3 Å². The maximum absolute atomic E-state index is 13.2. The Labute approximate surface area is 131 Å². The third-order valence-corrected chi connectivity index (χ3v) is 4.89. The minimum Gasteiger partial charge on any atom is -0.306 e. The molecular weight excluding hydrogens is 321 g/mol. The van der Waals surface area contributed by atoms with E-state index in [1.54, 1.807) is 13.0 Å². The van der Waals surface area contributed by atoms with Gasteiger partial charge in [-0.25, -0.2) is 22.3 Å². The van der Waals surface area contributed by atoms with Gasteiger partial charge in [0.1, 0.15) is 5.82 Å². The van der Waals surface area contributed by atoms with Crippen LogP contribution in [0.15, 0.2) is 46.1 Å². The Morgan fingerprint density at radius 1 is 1.09 bits per heavy atom. The molecule has 0 radical (unpaired) electrons. The lowest BCUT2D eigenvalue weighted by molar-refractivity contribution is 0.581. The van der Waals surface area contributed by atoms with Crippen LogP contribution < -0.4 is 10.4 Å². The quantitative estimate of drug-likeness (QED) is 0.678. The molecule has 1 heterocycles. The van der Waals surface area contributed by atoms with Crippen LogP contribution in [0.1, 0.15) is 11.1 Å². The van der Waals surface area contributed by atoms with Gasteiger partial charge in [0.05, 0.1) is 15.9 Å².